The summed E-state index contributed by atoms with van der Waals surface area (Å²) in [5.41, 5.74) is 0.227. The van der Waals surface area contributed by atoms with Gasteiger partial charge in [-0.1, -0.05) is 37.3 Å². The van der Waals surface area contributed by atoms with Crippen LogP contribution in [0.2, 0.25) is 0 Å². The molecule has 1 atom stereocenters. The van der Waals surface area contributed by atoms with E-state index in [4.69, 9.17) is 0 Å². The number of carbonyl (C=O) groups is 2. The normalized spacial score (nSPS) is 26.8. The van der Waals surface area contributed by atoms with Gasteiger partial charge in [-0.3, -0.25) is 9.59 Å². The van der Waals surface area contributed by atoms with Gasteiger partial charge in [-0.25, -0.2) is 0 Å². The van der Waals surface area contributed by atoms with Crippen LogP contribution in [0, 0.1) is 5.41 Å². The van der Waals surface area contributed by atoms with Gasteiger partial charge in [0.15, 0.2) is 0 Å². The number of aliphatic hydroxyl groups excluding tert-OH is 1. The third-order valence-electron chi connectivity index (χ3n) is 5.74. The minimum atomic E-state index is -0.665. The van der Waals surface area contributed by atoms with Gasteiger partial charge < -0.3 is 15.3 Å². The fraction of sp³-hybridized carbons (Fsp3) is 0.579. The quantitative estimate of drug-likeness (QED) is 0.881. The van der Waals surface area contributed by atoms with Crippen molar-refractivity contribution in [3.05, 3.63) is 35.9 Å². The Morgan fingerprint density at radius 1 is 1.21 bits per heavy atom. The predicted octanol–water partition coefficient (Wildman–Crippen LogP) is 1.46. The Kier molecular flexibility index (Phi) is 4.63. The fourth-order valence-electron chi connectivity index (χ4n) is 3.77. The predicted molar refractivity (Wildman–Crippen MR) is 91.4 cm³/mol. The maximum atomic E-state index is 13.4. The molecule has 0 bridgehead atoms. The lowest BCUT2D eigenvalue weighted by Crippen LogP contribution is -2.58. The monoisotopic (exact) mass is 330 g/mol. The molecule has 2 heterocycles. The molecule has 2 aliphatic rings. The summed E-state index contributed by atoms with van der Waals surface area (Å²) in [6.07, 6.45) is 2.55. The molecule has 2 fully saturated rings. The second-order valence-corrected chi connectivity index (χ2v) is 7.49. The van der Waals surface area contributed by atoms with Crippen molar-refractivity contribution >= 4 is 11.8 Å². The van der Waals surface area contributed by atoms with Crippen molar-refractivity contribution in [1.82, 2.24) is 10.2 Å². The molecule has 1 unspecified atom stereocenters. The first kappa shape index (κ1) is 17.0. The van der Waals surface area contributed by atoms with Crippen LogP contribution in [0.4, 0.5) is 0 Å². The summed E-state index contributed by atoms with van der Waals surface area (Å²) in [5, 5.41) is 12.4. The zero-order valence-corrected chi connectivity index (χ0v) is 14.3. The zero-order valence-electron chi connectivity index (χ0n) is 14.3. The van der Waals surface area contributed by atoms with Crippen LogP contribution >= 0.6 is 0 Å². The van der Waals surface area contributed by atoms with E-state index in [1.807, 2.05) is 35.2 Å². The van der Waals surface area contributed by atoms with E-state index in [2.05, 4.69) is 12.2 Å². The minimum Gasteiger partial charge on any atom is -0.396 e. The number of carbonyl (C=O) groups excluding carboxylic acids is 2. The largest absolute Gasteiger partial charge is 0.396 e. The van der Waals surface area contributed by atoms with Crippen LogP contribution in [0.1, 0.15) is 38.2 Å². The number of amides is 2. The molecule has 5 nitrogen and oxygen atoms in total. The summed E-state index contributed by atoms with van der Waals surface area (Å²) < 4.78 is 0. The van der Waals surface area contributed by atoms with Crippen LogP contribution in [0.3, 0.4) is 0 Å². The summed E-state index contributed by atoms with van der Waals surface area (Å²) in [6.45, 7) is 3.93. The molecule has 0 saturated carbocycles. The topological polar surface area (TPSA) is 69.6 Å². The zero-order chi connectivity index (χ0) is 17.2. The van der Waals surface area contributed by atoms with E-state index in [1.165, 1.54) is 0 Å². The molecule has 0 aromatic heterocycles. The molecule has 0 spiro atoms. The third kappa shape index (κ3) is 3.05. The molecule has 24 heavy (non-hydrogen) atoms. The number of aliphatic hydroxyl groups is 1. The maximum absolute atomic E-state index is 13.4. The highest BCUT2D eigenvalue weighted by molar-refractivity contribution is 5.91. The van der Waals surface area contributed by atoms with E-state index in [-0.39, 0.29) is 23.8 Å². The Hall–Kier alpha value is -1.88. The molecule has 1 aromatic carbocycles. The van der Waals surface area contributed by atoms with Crippen molar-refractivity contribution < 1.29 is 14.7 Å². The van der Waals surface area contributed by atoms with E-state index in [0.717, 1.165) is 18.4 Å². The molecule has 2 N–H and O–H groups in total. The number of rotatable bonds is 3. The molecule has 2 aliphatic heterocycles. The number of likely N-dealkylation sites (tertiary alicyclic amines) is 1. The SMILES string of the molecule is CC1(CO)CCN(C(=O)C2(c3ccccc3)CCC(=O)NC2)CC1. The summed E-state index contributed by atoms with van der Waals surface area (Å²) in [4.78, 5) is 27.0. The summed E-state index contributed by atoms with van der Waals surface area (Å²) >= 11 is 0. The van der Waals surface area contributed by atoms with Gasteiger partial charge in [0.2, 0.25) is 11.8 Å². The van der Waals surface area contributed by atoms with Crippen molar-refractivity contribution in [2.75, 3.05) is 26.2 Å². The molecular formula is C19H26N2O3. The molecule has 5 heteroatoms. The first-order valence-electron chi connectivity index (χ1n) is 8.72. The van der Waals surface area contributed by atoms with Crippen molar-refractivity contribution in [2.45, 2.75) is 38.0 Å². The molecule has 3 rings (SSSR count). The average Bonchev–Trinajstić information content (AvgIpc) is 2.63. The molecular weight excluding hydrogens is 304 g/mol. The smallest absolute Gasteiger partial charge is 0.235 e. The summed E-state index contributed by atoms with van der Waals surface area (Å²) in [5.74, 6) is 0.120. The molecule has 1 aromatic rings. The summed E-state index contributed by atoms with van der Waals surface area (Å²) in [6, 6.07) is 9.80. The van der Waals surface area contributed by atoms with Crippen molar-refractivity contribution in [2.24, 2.45) is 5.41 Å². The Bertz CT molecular complexity index is 596. The first-order valence-corrected chi connectivity index (χ1v) is 8.72. The second kappa shape index (κ2) is 6.55. The van der Waals surface area contributed by atoms with Crippen LogP contribution in [-0.2, 0) is 15.0 Å². The first-order chi connectivity index (χ1) is 11.5. The highest BCUT2D eigenvalue weighted by Gasteiger charge is 2.46. The highest BCUT2D eigenvalue weighted by atomic mass is 16.3. The standard InChI is InChI=1S/C19H26N2O3/c1-18(14-22)9-11-21(12-10-18)17(24)19(8-7-16(23)20-13-19)15-5-3-2-4-6-15/h2-6,22H,7-14H2,1H3,(H,20,23). The number of benzene rings is 1. The molecule has 2 amide bonds. The van der Waals surface area contributed by atoms with Gasteiger partial charge >= 0.3 is 0 Å². The van der Waals surface area contributed by atoms with Gasteiger partial charge in [0.1, 0.15) is 0 Å². The van der Waals surface area contributed by atoms with Gasteiger partial charge in [0, 0.05) is 32.7 Å². The van der Waals surface area contributed by atoms with Gasteiger partial charge in [-0.15, -0.1) is 0 Å². The molecule has 2 saturated heterocycles. The van der Waals surface area contributed by atoms with Crippen molar-refractivity contribution in [3.8, 4) is 0 Å². The van der Waals surface area contributed by atoms with Crippen LogP contribution in [-0.4, -0.2) is 48.1 Å². The Morgan fingerprint density at radius 3 is 2.42 bits per heavy atom. The van der Waals surface area contributed by atoms with Crippen LogP contribution < -0.4 is 5.32 Å². The number of piperidine rings is 2. The van der Waals surface area contributed by atoms with Gasteiger partial charge in [-0.05, 0) is 30.2 Å². The number of hydrogen-bond acceptors (Lipinski definition) is 3. The van der Waals surface area contributed by atoms with Crippen LogP contribution in [0.5, 0.6) is 0 Å². The van der Waals surface area contributed by atoms with Crippen molar-refractivity contribution in [1.29, 1.82) is 0 Å². The second-order valence-electron chi connectivity index (χ2n) is 7.49. The van der Waals surface area contributed by atoms with E-state index in [0.29, 0.717) is 32.5 Å². The lowest BCUT2D eigenvalue weighted by molar-refractivity contribution is -0.142. The Balaban J connectivity index is 1.84. The summed E-state index contributed by atoms with van der Waals surface area (Å²) in [7, 11) is 0. The number of nitrogens with zero attached hydrogens (tertiary/aromatic N) is 1. The fourth-order valence-corrected chi connectivity index (χ4v) is 3.77. The Labute approximate surface area is 143 Å². The molecule has 0 aliphatic carbocycles. The van der Waals surface area contributed by atoms with Gasteiger partial charge in [-0.2, -0.15) is 0 Å². The Morgan fingerprint density at radius 2 is 1.88 bits per heavy atom. The highest BCUT2D eigenvalue weighted by Crippen LogP contribution is 2.37. The average molecular weight is 330 g/mol. The van der Waals surface area contributed by atoms with Gasteiger partial charge in [0.05, 0.1) is 5.41 Å². The maximum Gasteiger partial charge on any atom is 0.235 e. The lowest BCUT2D eigenvalue weighted by atomic mass is 9.72. The number of nitrogens with one attached hydrogen (secondary N) is 1. The van der Waals surface area contributed by atoms with Crippen LogP contribution in [0.15, 0.2) is 30.3 Å². The number of hydrogen-bond donors (Lipinski definition) is 2. The minimum absolute atomic E-state index is 0.0147. The molecule has 130 valence electrons. The van der Waals surface area contributed by atoms with Crippen LogP contribution in [0.25, 0.3) is 0 Å². The molecule has 0 radical (unpaired) electrons. The lowest BCUT2D eigenvalue weighted by Gasteiger charge is -2.44. The van der Waals surface area contributed by atoms with E-state index in [1.54, 1.807) is 0 Å². The van der Waals surface area contributed by atoms with Crippen molar-refractivity contribution in [3.63, 3.8) is 0 Å². The van der Waals surface area contributed by atoms with E-state index < -0.39 is 5.41 Å². The third-order valence-corrected chi connectivity index (χ3v) is 5.74. The van der Waals surface area contributed by atoms with E-state index >= 15 is 0 Å². The van der Waals surface area contributed by atoms with Gasteiger partial charge in [0.25, 0.3) is 0 Å². The van der Waals surface area contributed by atoms with E-state index in [9.17, 15) is 14.7 Å².